The molecular formula is C13H26. The van der Waals surface area contributed by atoms with Crippen LogP contribution in [0.3, 0.4) is 0 Å². The fourth-order valence-electron chi connectivity index (χ4n) is 3.19. The van der Waals surface area contributed by atoms with Gasteiger partial charge in [-0.05, 0) is 17.3 Å². The summed E-state index contributed by atoms with van der Waals surface area (Å²) < 4.78 is 0. The van der Waals surface area contributed by atoms with E-state index in [4.69, 9.17) is 0 Å². The van der Waals surface area contributed by atoms with Crippen LogP contribution in [0.1, 0.15) is 66.2 Å². The van der Waals surface area contributed by atoms with Gasteiger partial charge in [0, 0.05) is 0 Å². The lowest BCUT2D eigenvalue weighted by atomic mass is 9.67. The molecule has 1 atom stereocenters. The third-order valence-electron chi connectivity index (χ3n) is 3.77. The van der Waals surface area contributed by atoms with E-state index in [1.54, 1.807) is 0 Å². The molecule has 0 aliphatic heterocycles. The number of hydrogen-bond acceptors (Lipinski definition) is 0. The van der Waals surface area contributed by atoms with Gasteiger partial charge < -0.3 is 0 Å². The quantitative estimate of drug-likeness (QED) is 0.583. The minimum atomic E-state index is 0.525. The highest BCUT2D eigenvalue weighted by atomic mass is 14.4. The van der Waals surface area contributed by atoms with Crippen molar-refractivity contribution in [2.45, 2.75) is 66.2 Å². The Bertz CT molecular complexity index is 135. The summed E-state index contributed by atoms with van der Waals surface area (Å²) in [6, 6.07) is 0. The minimum absolute atomic E-state index is 0.525. The Morgan fingerprint density at radius 2 is 1.62 bits per heavy atom. The minimum Gasteiger partial charge on any atom is -0.0651 e. The molecule has 0 saturated heterocycles. The van der Waals surface area contributed by atoms with Crippen LogP contribution in [0.25, 0.3) is 0 Å². The Balaban J connectivity index is 2.54. The Kier molecular flexibility index (Phi) is 3.82. The molecule has 0 amide bonds. The summed E-state index contributed by atoms with van der Waals surface area (Å²) >= 11 is 0. The Labute approximate surface area is 84.1 Å². The van der Waals surface area contributed by atoms with E-state index in [1.807, 2.05) is 0 Å². The molecule has 0 heteroatoms. The summed E-state index contributed by atoms with van der Waals surface area (Å²) in [4.78, 5) is 0. The molecule has 1 aliphatic carbocycles. The van der Waals surface area contributed by atoms with Gasteiger partial charge in [-0.1, -0.05) is 66.2 Å². The van der Waals surface area contributed by atoms with E-state index in [0.717, 1.165) is 11.8 Å². The van der Waals surface area contributed by atoms with Crippen LogP contribution < -0.4 is 0 Å². The van der Waals surface area contributed by atoms with Crippen molar-refractivity contribution in [3.8, 4) is 0 Å². The van der Waals surface area contributed by atoms with Crippen LogP contribution >= 0.6 is 0 Å². The van der Waals surface area contributed by atoms with Gasteiger partial charge >= 0.3 is 0 Å². The Morgan fingerprint density at radius 3 is 2.00 bits per heavy atom. The summed E-state index contributed by atoms with van der Waals surface area (Å²) in [6.45, 7) is 9.60. The molecule has 0 bridgehead atoms. The largest absolute Gasteiger partial charge is 0.0651 e. The molecule has 13 heavy (non-hydrogen) atoms. The third-order valence-corrected chi connectivity index (χ3v) is 3.77. The van der Waals surface area contributed by atoms with E-state index in [2.05, 4.69) is 27.7 Å². The maximum atomic E-state index is 2.41. The van der Waals surface area contributed by atoms with Gasteiger partial charge in [-0.15, -0.1) is 0 Å². The fourth-order valence-corrected chi connectivity index (χ4v) is 3.19. The van der Waals surface area contributed by atoms with E-state index < -0.39 is 0 Å². The monoisotopic (exact) mass is 182 g/mol. The molecule has 0 aromatic rings. The van der Waals surface area contributed by atoms with Crippen LogP contribution in [0.5, 0.6) is 0 Å². The molecule has 1 aliphatic rings. The molecule has 0 spiro atoms. The van der Waals surface area contributed by atoms with Gasteiger partial charge in [0.25, 0.3) is 0 Å². The van der Waals surface area contributed by atoms with E-state index in [1.165, 1.54) is 38.5 Å². The van der Waals surface area contributed by atoms with Gasteiger partial charge in [-0.2, -0.15) is 0 Å². The Morgan fingerprint density at radius 1 is 1.08 bits per heavy atom. The van der Waals surface area contributed by atoms with Gasteiger partial charge in [0.05, 0.1) is 0 Å². The second kappa shape index (κ2) is 4.48. The molecule has 0 aromatic heterocycles. The fraction of sp³-hybridized carbons (Fsp3) is 1.00. The predicted octanol–water partition coefficient (Wildman–Crippen LogP) is 4.64. The molecule has 0 heterocycles. The first-order chi connectivity index (χ1) is 6.05. The average Bonchev–Trinajstić information content (AvgIpc) is 2.05. The van der Waals surface area contributed by atoms with Crippen molar-refractivity contribution in [1.82, 2.24) is 0 Å². The van der Waals surface area contributed by atoms with Crippen LogP contribution in [-0.4, -0.2) is 0 Å². The predicted molar refractivity (Wildman–Crippen MR) is 59.8 cm³/mol. The smallest absolute Gasteiger partial charge is 0.0340 e. The lowest BCUT2D eigenvalue weighted by Crippen LogP contribution is -2.29. The third kappa shape index (κ3) is 3.00. The molecule has 1 saturated carbocycles. The first-order valence-electron chi connectivity index (χ1n) is 6.05. The molecule has 0 N–H and O–H groups in total. The van der Waals surface area contributed by atoms with Gasteiger partial charge in [-0.25, -0.2) is 0 Å². The topological polar surface area (TPSA) is 0 Å². The van der Waals surface area contributed by atoms with E-state index >= 15 is 0 Å². The van der Waals surface area contributed by atoms with E-state index in [0.29, 0.717) is 5.41 Å². The first-order valence-corrected chi connectivity index (χ1v) is 6.05. The van der Waals surface area contributed by atoms with Crippen molar-refractivity contribution in [3.63, 3.8) is 0 Å². The van der Waals surface area contributed by atoms with Gasteiger partial charge in [-0.3, -0.25) is 0 Å². The molecule has 1 rings (SSSR count). The highest BCUT2D eigenvalue weighted by Gasteiger charge is 2.31. The summed E-state index contributed by atoms with van der Waals surface area (Å²) in [6.07, 6.45) is 8.81. The van der Waals surface area contributed by atoms with Crippen LogP contribution in [0.2, 0.25) is 0 Å². The Hall–Kier alpha value is 0. The van der Waals surface area contributed by atoms with Gasteiger partial charge in [0.15, 0.2) is 0 Å². The lowest BCUT2D eigenvalue weighted by molar-refractivity contribution is 0.120. The van der Waals surface area contributed by atoms with Crippen LogP contribution in [-0.2, 0) is 0 Å². The van der Waals surface area contributed by atoms with E-state index in [9.17, 15) is 0 Å². The molecule has 0 aromatic carbocycles. The van der Waals surface area contributed by atoms with Gasteiger partial charge in [0.1, 0.15) is 0 Å². The zero-order chi connectivity index (χ0) is 9.90. The maximum absolute atomic E-state index is 2.41. The second-order valence-corrected chi connectivity index (χ2v) is 5.78. The summed E-state index contributed by atoms with van der Waals surface area (Å²) in [7, 11) is 0. The molecule has 0 nitrogen and oxygen atoms in total. The average molecular weight is 182 g/mol. The van der Waals surface area contributed by atoms with E-state index in [-0.39, 0.29) is 0 Å². The van der Waals surface area contributed by atoms with Crippen molar-refractivity contribution >= 4 is 0 Å². The summed E-state index contributed by atoms with van der Waals surface area (Å²) in [5, 5.41) is 0. The second-order valence-electron chi connectivity index (χ2n) is 5.78. The standard InChI is InChI=1S/C13H26/c1-5-12(13(2,3)4)11-9-7-6-8-10-11/h11-12H,5-10H2,1-4H3. The van der Waals surface area contributed by atoms with Crippen LogP contribution in [0.4, 0.5) is 0 Å². The zero-order valence-electron chi connectivity index (χ0n) is 9.90. The normalized spacial score (nSPS) is 23.1. The number of hydrogen-bond donors (Lipinski definition) is 0. The molecule has 1 unspecified atom stereocenters. The highest BCUT2D eigenvalue weighted by molar-refractivity contribution is 4.81. The lowest BCUT2D eigenvalue weighted by Gasteiger charge is -2.38. The van der Waals surface area contributed by atoms with Crippen molar-refractivity contribution in [3.05, 3.63) is 0 Å². The SMILES string of the molecule is CCC(C1CCCCC1)C(C)(C)C. The van der Waals surface area contributed by atoms with Crippen molar-refractivity contribution in [2.75, 3.05) is 0 Å². The van der Waals surface area contributed by atoms with Crippen molar-refractivity contribution < 1.29 is 0 Å². The van der Waals surface area contributed by atoms with Crippen molar-refractivity contribution in [2.24, 2.45) is 17.3 Å². The highest BCUT2D eigenvalue weighted by Crippen LogP contribution is 2.41. The molecule has 78 valence electrons. The van der Waals surface area contributed by atoms with Crippen LogP contribution in [0.15, 0.2) is 0 Å². The zero-order valence-corrected chi connectivity index (χ0v) is 9.90. The number of rotatable bonds is 2. The molecular weight excluding hydrogens is 156 g/mol. The summed E-state index contributed by atoms with van der Waals surface area (Å²) in [5.74, 6) is 1.98. The summed E-state index contributed by atoms with van der Waals surface area (Å²) in [5.41, 5.74) is 0.525. The van der Waals surface area contributed by atoms with Gasteiger partial charge in [0.2, 0.25) is 0 Å². The van der Waals surface area contributed by atoms with Crippen LogP contribution in [0, 0.1) is 17.3 Å². The maximum Gasteiger partial charge on any atom is -0.0340 e. The molecule has 0 radical (unpaired) electrons. The molecule has 1 fully saturated rings. The van der Waals surface area contributed by atoms with Crippen molar-refractivity contribution in [1.29, 1.82) is 0 Å². The first kappa shape index (κ1) is 11.1.